The summed E-state index contributed by atoms with van der Waals surface area (Å²) >= 11 is 0. The van der Waals surface area contributed by atoms with Gasteiger partial charge in [-0.25, -0.2) is 4.98 Å². The fourth-order valence-electron chi connectivity index (χ4n) is 3.18. The SMILES string of the molecule is Cc1ccc(-c2ocnc2C(=O)NCC(C(=O)O)C2CCOCC2)cc1. The molecule has 7 nitrogen and oxygen atoms in total. The van der Waals surface area contributed by atoms with Gasteiger partial charge in [0.05, 0.1) is 5.92 Å². The summed E-state index contributed by atoms with van der Waals surface area (Å²) in [5.41, 5.74) is 2.00. The maximum atomic E-state index is 12.5. The van der Waals surface area contributed by atoms with Gasteiger partial charge in [0, 0.05) is 25.3 Å². The predicted molar refractivity (Wildman–Crippen MR) is 93.7 cm³/mol. The fraction of sp³-hybridized carbons (Fsp3) is 0.421. The number of nitrogens with one attached hydrogen (secondary N) is 1. The lowest BCUT2D eigenvalue weighted by Gasteiger charge is -2.27. The smallest absolute Gasteiger partial charge is 0.308 e. The Morgan fingerprint density at radius 2 is 1.96 bits per heavy atom. The number of ether oxygens (including phenoxy) is 1. The van der Waals surface area contributed by atoms with E-state index in [0.717, 1.165) is 11.1 Å². The van der Waals surface area contributed by atoms with Gasteiger partial charge < -0.3 is 19.6 Å². The van der Waals surface area contributed by atoms with Gasteiger partial charge in [0.2, 0.25) is 0 Å². The monoisotopic (exact) mass is 358 g/mol. The van der Waals surface area contributed by atoms with Crippen molar-refractivity contribution in [3.8, 4) is 11.3 Å². The van der Waals surface area contributed by atoms with Crippen molar-refractivity contribution in [2.75, 3.05) is 19.8 Å². The highest BCUT2D eigenvalue weighted by Crippen LogP contribution is 2.25. The molecule has 1 aliphatic rings. The van der Waals surface area contributed by atoms with E-state index in [4.69, 9.17) is 9.15 Å². The predicted octanol–water partition coefficient (Wildman–Crippen LogP) is 2.51. The first-order valence-electron chi connectivity index (χ1n) is 8.65. The summed E-state index contributed by atoms with van der Waals surface area (Å²) in [6.45, 7) is 3.14. The van der Waals surface area contributed by atoms with E-state index < -0.39 is 17.8 Å². The van der Waals surface area contributed by atoms with Crippen LogP contribution in [-0.2, 0) is 9.53 Å². The van der Waals surface area contributed by atoms with Crippen molar-refractivity contribution in [3.05, 3.63) is 41.9 Å². The maximum Gasteiger partial charge on any atom is 0.308 e. The molecular formula is C19H22N2O5. The molecule has 0 aliphatic carbocycles. The standard InChI is InChI=1S/C19H22N2O5/c1-12-2-4-14(5-3-12)17-16(21-11-26-17)18(22)20-10-15(19(23)24)13-6-8-25-9-7-13/h2-5,11,13,15H,6-10H2,1H3,(H,20,22)(H,23,24). The second-order valence-electron chi connectivity index (χ2n) is 6.50. The van der Waals surface area contributed by atoms with Gasteiger partial charge in [-0.05, 0) is 25.7 Å². The highest BCUT2D eigenvalue weighted by Gasteiger charge is 2.30. The van der Waals surface area contributed by atoms with E-state index in [2.05, 4.69) is 10.3 Å². The number of aromatic nitrogens is 1. The van der Waals surface area contributed by atoms with Gasteiger partial charge in [-0.3, -0.25) is 9.59 Å². The molecule has 2 heterocycles. The molecule has 3 rings (SSSR count). The number of nitrogens with zero attached hydrogens (tertiary/aromatic N) is 1. The number of benzene rings is 1. The van der Waals surface area contributed by atoms with Crippen LogP contribution in [0.5, 0.6) is 0 Å². The minimum absolute atomic E-state index is 0.00423. The summed E-state index contributed by atoms with van der Waals surface area (Å²) in [6, 6.07) is 7.56. The molecule has 7 heteroatoms. The first-order chi connectivity index (χ1) is 12.6. The molecule has 1 fully saturated rings. The Kier molecular flexibility index (Phi) is 5.68. The van der Waals surface area contributed by atoms with Crippen LogP contribution >= 0.6 is 0 Å². The molecule has 0 saturated carbocycles. The lowest BCUT2D eigenvalue weighted by molar-refractivity contribution is -0.144. The van der Waals surface area contributed by atoms with Crippen LogP contribution in [0.25, 0.3) is 11.3 Å². The quantitative estimate of drug-likeness (QED) is 0.823. The van der Waals surface area contributed by atoms with Crippen molar-refractivity contribution in [3.63, 3.8) is 0 Å². The molecule has 138 valence electrons. The highest BCUT2D eigenvalue weighted by molar-refractivity contribution is 5.97. The number of rotatable bonds is 6. The van der Waals surface area contributed by atoms with Gasteiger partial charge in [0.1, 0.15) is 0 Å². The van der Waals surface area contributed by atoms with E-state index in [-0.39, 0.29) is 18.2 Å². The average Bonchev–Trinajstić information content (AvgIpc) is 3.13. The van der Waals surface area contributed by atoms with Gasteiger partial charge in [0.25, 0.3) is 5.91 Å². The first-order valence-corrected chi connectivity index (χ1v) is 8.65. The van der Waals surface area contributed by atoms with Crippen molar-refractivity contribution in [2.24, 2.45) is 11.8 Å². The zero-order chi connectivity index (χ0) is 18.5. The van der Waals surface area contributed by atoms with Crippen molar-refractivity contribution in [1.29, 1.82) is 0 Å². The number of hydrogen-bond acceptors (Lipinski definition) is 5. The molecule has 1 atom stereocenters. The highest BCUT2D eigenvalue weighted by atomic mass is 16.5. The molecule has 2 N–H and O–H groups in total. The Morgan fingerprint density at radius 3 is 2.62 bits per heavy atom. The molecule has 0 bridgehead atoms. The van der Waals surface area contributed by atoms with Crippen molar-refractivity contribution in [2.45, 2.75) is 19.8 Å². The molecule has 26 heavy (non-hydrogen) atoms. The Bertz CT molecular complexity index is 762. The molecule has 1 aromatic heterocycles. The third-order valence-electron chi connectivity index (χ3n) is 4.73. The zero-order valence-electron chi connectivity index (χ0n) is 14.6. The van der Waals surface area contributed by atoms with Gasteiger partial charge >= 0.3 is 5.97 Å². The number of oxazole rings is 1. The van der Waals surface area contributed by atoms with Crippen LogP contribution < -0.4 is 5.32 Å². The second kappa shape index (κ2) is 8.14. The van der Waals surface area contributed by atoms with E-state index >= 15 is 0 Å². The van der Waals surface area contributed by atoms with Crippen LogP contribution in [0.15, 0.2) is 35.1 Å². The molecule has 1 aromatic carbocycles. The average molecular weight is 358 g/mol. The van der Waals surface area contributed by atoms with Gasteiger partial charge in [-0.1, -0.05) is 29.8 Å². The van der Waals surface area contributed by atoms with E-state index in [9.17, 15) is 14.7 Å². The molecule has 1 amide bonds. The summed E-state index contributed by atoms with van der Waals surface area (Å²) in [4.78, 5) is 28.1. The largest absolute Gasteiger partial charge is 0.481 e. The topological polar surface area (TPSA) is 102 Å². The van der Waals surface area contributed by atoms with E-state index in [1.54, 1.807) is 0 Å². The van der Waals surface area contributed by atoms with E-state index in [1.165, 1.54) is 6.39 Å². The van der Waals surface area contributed by atoms with Crippen LogP contribution in [0.3, 0.4) is 0 Å². The number of carboxylic acid groups (broad SMARTS) is 1. The molecule has 1 unspecified atom stereocenters. The number of amides is 1. The molecule has 2 aromatic rings. The van der Waals surface area contributed by atoms with E-state index in [1.807, 2.05) is 31.2 Å². The van der Waals surface area contributed by atoms with Crippen LogP contribution in [-0.4, -0.2) is 41.7 Å². The summed E-state index contributed by atoms with van der Waals surface area (Å²) in [5.74, 6) is -1.61. The van der Waals surface area contributed by atoms with Crippen LogP contribution in [0.2, 0.25) is 0 Å². The lowest BCUT2D eigenvalue weighted by Crippen LogP contribution is -2.39. The summed E-state index contributed by atoms with van der Waals surface area (Å²) in [6.07, 6.45) is 2.59. The Labute approximate surface area is 151 Å². The number of carbonyl (C=O) groups excluding carboxylic acids is 1. The van der Waals surface area contributed by atoms with Crippen molar-refractivity contribution < 1.29 is 23.8 Å². The summed E-state index contributed by atoms with van der Waals surface area (Å²) < 4.78 is 10.7. The molecule has 0 spiro atoms. The summed E-state index contributed by atoms with van der Waals surface area (Å²) in [5, 5.41) is 12.2. The normalized spacial score (nSPS) is 16.2. The van der Waals surface area contributed by atoms with Crippen LogP contribution in [0.4, 0.5) is 0 Å². The first kappa shape index (κ1) is 18.1. The van der Waals surface area contributed by atoms with Gasteiger partial charge in [-0.15, -0.1) is 0 Å². The number of aliphatic carboxylic acids is 1. The van der Waals surface area contributed by atoms with Crippen molar-refractivity contribution in [1.82, 2.24) is 10.3 Å². The minimum atomic E-state index is -0.906. The summed E-state index contributed by atoms with van der Waals surface area (Å²) in [7, 11) is 0. The molecular weight excluding hydrogens is 336 g/mol. The number of hydrogen-bond donors (Lipinski definition) is 2. The maximum absolute atomic E-state index is 12.5. The molecule has 0 radical (unpaired) electrons. The molecule has 1 aliphatic heterocycles. The molecule has 1 saturated heterocycles. The third kappa shape index (κ3) is 4.11. The van der Waals surface area contributed by atoms with Gasteiger partial charge in [0.15, 0.2) is 17.8 Å². The van der Waals surface area contributed by atoms with E-state index in [0.29, 0.717) is 31.8 Å². The Morgan fingerprint density at radius 1 is 1.27 bits per heavy atom. The lowest BCUT2D eigenvalue weighted by atomic mass is 9.86. The van der Waals surface area contributed by atoms with Crippen molar-refractivity contribution >= 4 is 11.9 Å². The number of carboxylic acids is 1. The Hall–Kier alpha value is -2.67. The third-order valence-corrected chi connectivity index (χ3v) is 4.73. The number of aryl methyl sites for hydroxylation is 1. The number of carbonyl (C=O) groups is 2. The Balaban J connectivity index is 1.69. The van der Waals surface area contributed by atoms with Crippen LogP contribution in [0, 0.1) is 18.8 Å². The second-order valence-corrected chi connectivity index (χ2v) is 6.50. The fourth-order valence-corrected chi connectivity index (χ4v) is 3.18. The zero-order valence-corrected chi connectivity index (χ0v) is 14.6. The minimum Gasteiger partial charge on any atom is -0.481 e. The van der Waals surface area contributed by atoms with Gasteiger partial charge in [-0.2, -0.15) is 0 Å². The van der Waals surface area contributed by atoms with Crippen LogP contribution in [0.1, 0.15) is 28.9 Å².